The van der Waals surface area contributed by atoms with Crippen molar-refractivity contribution in [2.24, 2.45) is 0 Å². The maximum absolute atomic E-state index is 10.7. The number of benzene rings is 1. The van der Waals surface area contributed by atoms with Gasteiger partial charge >= 0.3 is 0 Å². The monoisotopic (exact) mass is 206 g/mol. The Balaban J connectivity index is 2.48. The minimum Gasteiger partial charge on any atom is -0.298 e. The maximum atomic E-state index is 10.7. The van der Waals surface area contributed by atoms with Crippen LogP contribution in [0.4, 0.5) is 0 Å². The molecule has 0 aromatic heterocycles. The molecule has 1 aromatic rings. The molecule has 0 unspecified atom stereocenters. The molecule has 0 bridgehead atoms. The molecule has 0 atom stereocenters. The van der Waals surface area contributed by atoms with E-state index < -0.39 is 0 Å². The topological polar surface area (TPSA) is 17.1 Å². The SMILES string of the molecule is C=CCCCSc1ccccc1C=O. The molecule has 0 fully saturated rings. The van der Waals surface area contributed by atoms with Gasteiger partial charge in [-0.25, -0.2) is 0 Å². The van der Waals surface area contributed by atoms with Crippen molar-refractivity contribution in [2.45, 2.75) is 17.7 Å². The highest BCUT2D eigenvalue weighted by Gasteiger charge is 1.99. The Morgan fingerprint density at radius 2 is 2.14 bits per heavy atom. The molecule has 74 valence electrons. The van der Waals surface area contributed by atoms with E-state index >= 15 is 0 Å². The third-order valence-corrected chi connectivity index (χ3v) is 3.03. The lowest BCUT2D eigenvalue weighted by molar-refractivity contribution is 0.112. The molecule has 0 N–H and O–H groups in total. The van der Waals surface area contributed by atoms with Crippen molar-refractivity contribution in [2.75, 3.05) is 5.75 Å². The molecule has 0 spiro atoms. The number of carbonyl (C=O) groups excluding carboxylic acids is 1. The molecule has 1 rings (SSSR count). The zero-order chi connectivity index (χ0) is 10.2. The Morgan fingerprint density at radius 3 is 2.86 bits per heavy atom. The standard InChI is InChI=1S/C12H14OS/c1-2-3-6-9-14-12-8-5-4-7-11(12)10-13/h2,4-5,7-8,10H,1,3,6,9H2. The fourth-order valence-corrected chi connectivity index (χ4v) is 2.11. The number of allylic oxidation sites excluding steroid dienone is 1. The molecule has 2 heteroatoms. The zero-order valence-electron chi connectivity index (χ0n) is 8.11. The highest BCUT2D eigenvalue weighted by molar-refractivity contribution is 7.99. The number of aldehydes is 1. The summed E-state index contributed by atoms with van der Waals surface area (Å²) < 4.78 is 0. The maximum Gasteiger partial charge on any atom is 0.151 e. The van der Waals surface area contributed by atoms with E-state index in [4.69, 9.17) is 0 Å². The highest BCUT2D eigenvalue weighted by atomic mass is 32.2. The Bertz CT molecular complexity index is 307. The van der Waals surface area contributed by atoms with Crippen molar-refractivity contribution in [3.63, 3.8) is 0 Å². The molecule has 0 aliphatic rings. The van der Waals surface area contributed by atoms with Gasteiger partial charge in [0, 0.05) is 10.5 Å². The van der Waals surface area contributed by atoms with Gasteiger partial charge in [0.25, 0.3) is 0 Å². The molecule has 0 aliphatic heterocycles. The lowest BCUT2D eigenvalue weighted by Crippen LogP contribution is -1.85. The average molecular weight is 206 g/mol. The summed E-state index contributed by atoms with van der Waals surface area (Å²) in [6.45, 7) is 3.67. The van der Waals surface area contributed by atoms with Crippen LogP contribution in [0.15, 0.2) is 41.8 Å². The van der Waals surface area contributed by atoms with Crippen LogP contribution in [0.2, 0.25) is 0 Å². The summed E-state index contributed by atoms with van der Waals surface area (Å²) in [5.41, 5.74) is 0.788. The van der Waals surface area contributed by atoms with Gasteiger partial charge in [-0.1, -0.05) is 24.3 Å². The van der Waals surface area contributed by atoms with Crippen molar-refractivity contribution in [1.82, 2.24) is 0 Å². The predicted octanol–water partition coefficient (Wildman–Crippen LogP) is 3.56. The first-order valence-corrected chi connectivity index (χ1v) is 5.65. The zero-order valence-corrected chi connectivity index (χ0v) is 8.93. The average Bonchev–Trinajstić information content (AvgIpc) is 2.25. The van der Waals surface area contributed by atoms with E-state index in [1.165, 1.54) is 0 Å². The van der Waals surface area contributed by atoms with Crippen molar-refractivity contribution in [1.29, 1.82) is 0 Å². The van der Waals surface area contributed by atoms with Gasteiger partial charge in [-0.3, -0.25) is 4.79 Å². The van der Waals surface area contributed by atoms with E-state index in [1.807, 2.05) is 30.3 Å². The normalized spacial score (nSPS) is 9.71. The second kappa shape index (κ2) is 6.44. The number of hydrogen-bond acceptors (Lipinski definition) is 2. The molecule has 0 saturated carbocycles. The Kier molecular flexibility index (Phi) is 5.08. The van der Waals surface area contributed by atoms with Gasteiger partial charge < -0.3 is 0 Å². The fourth-order valence-electron chi connectivity index (χ4n) is 1.12. The quantitative estimate of drug-likeness (QED) is 0.306. The van der Waals surface area contributed by atoms with E-state index in [1.54, 1.807) is 11.8 Å². The second-order valence-corrected chi connectivity index (χ2v) is 4.07. The molecule has 0 aliphatic carbocycles. The van der Waals surface area contributed by atoms with Gasteiger partial charge in [0.2, 0.25) is 0 Å². The summed E-state index contributed by atoms with van der Waals surface area (Å²) in [5.74, 6) is 1.04. The minimum atomic E-state index is 0.788. The van der Waals surface area contributed by atoms with Crippen molar-refractivity contribution >= 4 is 18.0 Å². The lowest BCUT2D eigenvalue weighted by Gasteiger charge is -2.02. The first kappa shape index (κ1) is 11.1. The predicted molar refractivity (Wildman–Crippen MR) is 62.0 cm³/mol. The third kappa shape index (κ3) is 3.38. The minimum absolute atomic E-state index is 0.788. The number of rotatable bonds is 6. The van der Waals surface area contributed by atoms with Gasteiger partial charge in [-0.2, -0.15) is 0 Å². The second-order valence-electron chi connectivity index (χ2n) is 2.94. The summed E-state index contributed by atoms with van der Waals surface area (Å²) in [6, 6.07) is 7.69. The molecule has 14 heavy (non-hydrogen) atoms. The van der Waals surface area contributed by atoms with Crippen molar-refractivity contribution in [3.05, 3.63) is 42.5 Å². The van der Waals surface area contributed by atoms with Crippen molar-refractivity contribution < 1.29 is 4.79 Å². The Hall–Kier alpha value is -1.02. The summed E-state index contributed by atoms with van der Waals surface area (Å²) in [5, 5.41) is 0. The van der Waals surface area contributed by atoms with E-state index in [9.17, 15) is 4.79 Å². The molecule has 0 radical (unpaired) electrons. The number of unbranched alkanes of at least 4 members (excludes halogenated alkanes) is 1. The summed E-state index contributed by atoms with van der Waals surface area (Å²) in [4.78, 5) is 11.8. The van der Waals surface area contributed by atoms with Gasteiger partial charge in [0.15, 0.2) is 6.29 Å². The molecule has 0 saturated heterocycles. The summed E-state index contributed by atoms with van der Waals surface area (Å²) in [7, 11) is 0. The van der Waals surface area contributed by atoms with Crippen LogP contribution in [-0.2, 0) is 0 Å². The first-order chi connectivity index (χ1) is 6.88. The Morgan fingerprint density at radius 1 is 1.36 bits per heavy atom. The van der Waals surface area contributed by atoms with Gasteiger partial charge in [-0.05, 0) is 24.7 Å². The smallest absolute Gasteiger partial charge is 0.151 e. The van der Waals surface area contributed by atoms with E-state index in [0.717, 1.165) is 35.3 Å². The lowest BCUT2D eigenvalue weighted by atomic mass is 10.2. The third-order valence-electron chi connectivity index (χ3n) is 1.86. The number of thioether (sulfide) groups is 1. The number of carbonyl (C=O) groups is 1. The van der Waals surface area contributed by atoms with Crippen LogP contribution in [0, 0.1) is 0 Å². The molecular weight excluding hydrogens is 192 g/mol. The van der Waals surface area contributed by atoms with Crippen LogP contribution >= 0.6 is 11.8 Å². The van der Waals surface area contributed by atoms with Crippen LogP contribution in [0.3, 0.4) is 0 Å². The van der Waals surface area contributed by atoms with Crippen LogP contribution in [-0.4, -0.2) is 12.0 Å². The molecule has 0 heterocycles. The molecule has 1 nitrogen and oxygen atoms in total. The molecular formula is C12H14OS. The summed E-state index contributed by atoms with van der Waals surface area (Å²) >= 11 is 1.73. The largest absolute Gasteiger partial charge is 0.298 e. The van der Waals surface area contributed by atoms with Gasteiger partial charge in [-0.15, -0.1) is 18.3 Å². The van der Waals surface area contributed by atoms with Crippen LogP contribution in [0.25, 0.3) is 0 Å². The van der Waals surface area contributed by atoms with Crippen molar-refractivity contribution in [3.8, 4) is 0 Å². The molecule has 1 aromatic carbocycles. The van der Waals surface area contributed by atoms with Crippen LogP contribution in [0.1, 0.15) is 23.2 Å². The Labute approximate surface area is 89.2 Å². The van der Waals surface area contributed by atoms with Gasteiger partial charge in [0.1, 0.15) is 0 Å². The fraction of sp³-hybridized carbons (Fsp3) is 0.250. The first-order valence-electron chi connectivity index (χ1n) is 4.66. The van der Waals surface area contributed by atoms with Crippen LogP contribution < -0.4 is 0 Å². The van der Waals surface area contributed by atoms with E-state index in [-0.39, 0.29) is 0 Å². The number of hydrogen-bond donors (Lipinski definition) is 0. The van der Waals surface area contributed by atoms with E-state index in [2.05, 4.69) is 6.58 Å². The van der Waals surface area contributed by atoms with E-state index in [0.29, 0.717) is 0 Å². The van der Waals surface area contributed by atoms with Crippen LogP contribution in [0.5, 0.6) is 0 Å². The molecule has 0 amide bonds. The summed E-state index contributed by atoms with van der Waals surface area (Å²) in [6.07, 6.45) is 4.99. The van der Waals surface area contributed by atoms with Gasteiger partial charge in [0.05, 0.1) is 0 Å². The highest BCUT2D eigenvalue weighted by Crippen LogP contribution is 2.22.